The summed E-state index contributed by atoms with van der Waals surface area (Å²) in [6, 6.07) is 6.28. The van der Waals surface area contributed by atoms with Crippen molar-refractivity contribution in [2.75, 3.05) is 0 Å². The maximum absolute atomic E-state index is 12.3. The number of benzene rings is 1. The van der Waals surface area contributed by atoms with Gasteiger partial charge in [-0.25, -0.2) is 0 Å². The van der Waals surface area contributed by atoms with Gasteiger partial charge in [-0.1, -0.05) is 35.7 Å². The highest BCUT2D eigenvalue weighted by atomic mass is 32.2. The lowest BCUT2D eigenvalue weighted by molar-refractivity contribution is -0.135. The smallest absolute Gasteiger partial charge is 0.312 e. The van der Waals surface area contributed by atoms with Crippen LogP contribution in [0.15, 0.2) is 33.9 Å². The molecule has 0 bridgehead atoms. The second-order valence-corrected chi connectivity index (χ2v) is 9.85. The van der Waals surface area contributed by atoms with Gasteiger partial charge in [-0.3, -0.25) is 39.4 Å². The second kappa shape index (κ2) is 9.76. The fourth-order valence-electron chi connectivity index (χ4n) is 2.75. The zero-order valence-electron chi connectivity index (χ0n) is 16.3. The Morgan fingerprint density at radius 2 is 1.61 bits per heavy atom. The number of thioether (sulfide) groups is 3. The molecule has 2 saturated heterocycles. The Balaban J connectivity index is 1.40. The van der Waals surface area contributed by atoms with E-state index in [9.17, 15) is 28.8 Å². The van der Waals surface area contributed by atoms with Gasteiger partial charge in [0, 0.05) is 18.2 Å². The van der Waals surface area contributed by atoms with E-state index < -0.39 is 43.9 Å². The van der Waals surface area contributed by atoms with Crippen molar-refractivity contribution < 1.29 is 37.9 Å². The lowest BCUT2D eigenvalue weighted by Crippen LogP contribution is -2.27. The molecule has 170 valence electrons. The van der Waals surface area contributed by atoms with Crippen LogP contribution < -0.4 is 15.4 Å². The van der Waals surface area contributed by atoms with Gasteiger partial charge in [0.25, 0.3) is 21.6 Å². The van der Waals surface area contributed by atoms with Crippen LogP contribution >= 0.6 is 35.3 Å². The van der Waals surface area contributed by atoms with Crippen LogP contribution in [-0.2, 0) is 19.2 Å². The maximum Gasteiger partial charge on any atom is 0.312 e. The van der Waals surface area contributed by atoms with Gasteiger partial charge in [0.1, 0.15) is 16.2 Å². The van der Waals surface area contributed by atoms with Crippen molar-refractivity contribution >= 4 is 68.7 Å². The van der Waals surface area contributed by atoms with E-state index in [1.165, 1.54) is 6.07 Å². The molecule has 2 aliphatic heterocycles. The van der Waals surface area contributed by atoms with E-state index in [1.807, 2.05) is 0 Å². The van der Waals surface area contributed by atoms with Crippen molar-refractivity contribution in [1.29, 1.82) is 0 Å². The number of rotatable bonds is 7. The number of para-hydroxylation sites is 1. The molecule has 4 amide bonds. The van der Waals surface area contributed by atoms with E-state index in [1.54, 1.807) is 18.2 Å². The summed E-state index contributed by atoms with van der Waals surface area (Å²) >= 11 is 2.07. The first kappa shape index (κ1) is 23.0. The van der Waals surface area contributed by atoms with E-state index in [0.29, 0.717) is 23.5 Å². The molecule has 2 aliphatic rings. The number of amides is 4. The largest absolute Gasteiger partial charge is 0.426 e. The molecule has 4 rings (SSSR count). The van der Waals surface area contributed by atoms with Gasteiger partial charge in [-0.05, 0) is 12.1 Å². The SMILES string of the molecule is O=C(C[C@H]1SC(=O)NC1=O)Oc1ccccc1-c1nnc(SC(=O)C[C@H]2SC(=O)NC2=O)o1. The zero-order chi connectivity index (χ0) is 23.5. The number of imide groups is 2. The quantitative estimate of drug-likeness (QED) is 0.314. The minimum Gasteiger partial charge on any atom is -0.426 e. The average molecular weight is 509 g/mol. The maximum atomic E-state index is 12.3. The van der Waals surface area contributed by atoms with E-state index in [4.69, 9.17) is 9.15 Å². The van der Waals surface area contributed by atoms with Crippen molar-refractivity contribution in [2.24, 2.45) is 0 Å². The number of ether oxygens (including phenoxy) is 1. The summed E-state index contributed by atoms with van der Waals surface area (Å²) in [6.45, 7) is 0. The van der Waals surface area contributed by atoms with Crippen LogP contribution in [0.2, 0.25) is 0 Å². The Kier molecular flexibility index (Phi) is 6.80. The van der Waals surface area contributed by atoms with Crippen LogP contribution in [-0.4, -0.2) is 54.1 Å². The van der Waals surface area contributed by atoms with Crippen LogP contribution in [0.1, 0.15) is 12.8 Å². The molecule has 0 spiro atoms. The van der Waals surface area contributed by atoms with Crippen LogP contribution in [0.3, 0.4) is 0 Å². The van der Waals surface area contributed by atoms with Crippen LogP contribution in [0.25, 0.3) is 11.5 Å². The molecular weight excluding hydrogens is 496 g/mol. The number of aromatic nitrogens is 2. The van der Waals surface area contributed by atoms with Crippen molar-refractivity contribution in [3.63, 3.8) is 0 Å². The highest BCUT2D eigenvalue weighted by Crippen LogP contribution is 2.33. The predicted molar refractivity (Wildman–Crippen MR) is 115 cm³/mol. The zero-order valence-corrected chi connectivity index (χ0v) is 18.7. The summed E-state index contributed by atoms with van der Waals surface area (Å²) in [5, 5.41) is 8.58. The molecule has 33 heavy (non-hydrogen) atoms. The van der Waals surface area contributed by atoms with Gasteiger partial charge < -0.3 is 9.15 Å². The summed E-state index contributed by atoms with van der Waals surface area (Å²) in [4.78, 5) is 70.1. The number of carbonyl (C=O) groups excluding carboxylic acids is 6. The molecule has 15 heteroatoms. The third-order valence-corrected chi connectivity index (χ3v) is 6.88. The minimum atomic E-state index is -0.870. The van der Waals surface area contributed by atoms with E-state index in [2.05, 4.69) is 20.8 Å². The fourth-order valence-corrected chi connectivity index (χ4v) is 5.13. The summed E-state index contributed by atoms with van der Waals surface area (Å²) in [5.74, 6) is -1.77. The number of nitrogens with one attached hydrogen (secondary N) is 2. The van der Waals surface area contributed by atoms with Crippen LogP contribution in [0.5, 0.6) is 5.75 Å². The topological polar surface area (TPSA) is 175 Å². The lowest BCUT2D eigenvalue weighted by Gasteiger charge is -2.08. The Hall–Kier alpha value is -3.17. The van der Waals surface area contributed by atoms with Gasteiger partial charge in [0.15, 0.2) is 5.12 Å². The van der Waals surface area contributed by atoms with E-state index in [0.717, 1.165) is 11.8 Å². The number of esters is 1. The Morgan fingerprint density at radius 3 is 2.24 bits per heavy atom. The lowest BCUT2D eigenvalue weighted by atomic mass is 10.2. The molecule has 1 aromatic carbocycles. The van der Waals surface area contributed by atoms with Gasteiger partial charge >= 0.3 is 5.97 Å². The number of carbonyl (C=O) groups is 6. The first-order valence-electron chi connectivity index (χ1n) is 9.15. The van der Waals surface area contributed by atoms with Crippen molar-refractivity contribution in [3.05, 3.63) is 24.3 Å². The number of hydrogen-bond acceptors (Lipinski definition) is 13. The Labute approximate surface area is 197 Å². The van der Waals surface area contributed by atoms with Crippen LogP contribution in [0, 0.1) is 0 Å². The summed E-state index contributed by atoms with van der Waals surface area (Å²) in [5.41, 5.74) is 0.272. The monoisotopic (exact) mass is 508 g/mol. The summed E-state index contributed by atoms with van der Waals surface area (Å²) in [7, 11) is 0. The van der Waals surface area contributed by atoms with Gasteiger partial charge in [0.05, 0.1) is 12.0 Å². The molecule has 2 N–H and O–H groups in total. The standard InChI is InChI=1S/C18H12N4O8S3/c23-11(5-9-13(25)19-16(27)31-9)29-8-4-2-1-3-7(8)15-21-22-18(30-15)33-12(24)6-10-14(26)20-17(28)32-10/h1-4,9-10H,5-6H2,(H,19,25,27)(H,20,26,28)/t9-,10-/m1/s1. The predicted octanol–water partition coefficient (Wildman–Crippen LogP) is 1.74. The molecule has 2 atom stereocenters. The van der Waals surface area contributed by atoms with Crippen molar-refractivity contribution in [3.8, 4) is 17.2 Å². The average Bonchev–Trinajstić information content (AvgIpc) is 3.41. The molecule has 0 saturated carbocycles. The third-order valence-electron chi connectivity index (χ3n) is 4.19. The highest BCUT2D eigenvalue weighted by Gasteiger charge is 2.35. The second-order valence-electron chi connectivity index (χ2n) is 6.49. The molecule has 2 aromatic rings. The first-order chi connectivity index (χ1) is 15.8. The highest BCUT2D eigenvalue weighted by molar-refractivity contribution is 8.16. The van der Waals surface area contributed by atoms with Crippen molar-refractivity contribution in [1.82, 2.24) is 20.8 Å². The van der Waals surface area contributed by atoms with Gasteiger partial charge in [0.2, 0.25) is 11.8 Å². The molecule has 0 radical (unpaired) electrons. The van der Waals surface area contributed by atoms with Gasteiger partial charge in [-0.15, -0.1) is 10.2 Å². The number of nitrogens with zero attached hydrogens (tertiary/aromatic N) is 2. The Bertz CT molecular complexity index is 1180. The van der Waals surface area contributed by atoms with Crippen LogP contribution in [0.4, 0.5) is 9.59 Å². The molecule has 2 fully saturated rings. The third kappa shape index (κ3) is 5.61. The molecule has 0 aliphatic carbocycles. The molecule has 0 unspecified atom stereocenters. The van der Waals surface area contributed by atoms with E-state index in [-0.39, 0.29) is 35.3 Å². The molecular formula is C18H12N4O8S3. The normalized spacial score (nSPS) is 20.0. The Morgan fingerprint density at radius 1 is 0.970 bits per heavy atom. The summed E-state index contributed by atoms with van der Waals surface area (Å²) < 4.78 is 10.8. The fraction of sp³-hybridized carbons (Fsp3) is 0.222. The molecule has 12 nitrogen and oxygen atoms in total. The minimum absolute atomic E-state index is 0.0278. The molecule has 3 heterocycles. The van der Waals surface area contributed by atoms with Crippen molar-refractivity contribution in [2.45, 2.75) is 28.6 Å². The molecule has 1 aromatic heterocycles. The first-order valence-corrected chi connectivity index (χ1v) is 11.7. The van der Waals surface area contributed by atoms with E-state index >= 15 is 0 Å². The summed E-state index contributed by atoms with van der Waals surface area (Å²) in [6.07, 6.45) is -0.515. The van der Waals surface area contributed by atoms with Gasteiger partial charge in [-0.2, -0.15) is 0 Å². The number of hydrogen-bond donors (Lipinski definition) is 2.